The van der Waals surface area contributed by atoms with Gasteiger partial charge in [-0.25, -0.2) is 0 Å². The topological polar surface area (TPSA) is 50.4 Å². The van der Waals surface area contributed by atoms with E-state index in [9.17, 15) is 4.79 Å². The van der Waals surface area contributed by atoms with Gasteiger partial charge in [0.15, 0.2) is 0 Å². The molecule has 0 unspecified atom stereocenters. The van der Waals surface area contributed by atoms with Gasteiger partial charge in [-0.15, -0.1) is 12.4 Å². The van der Waals surface area contributed by atoms with E-state index in [1.807, 2.05) is 31.2 Å². The summed E-state index contributed by atoms with van der Waals surface area (Å²) in [5.41, 5.74) is 4.21. The van der Waals surface area contributed by atoms with Crippen molar-refractivity contribution < 1.29 is 9.53 Å². The number of ether oxygens (including phenoxy) is 1. The highest BCUT2D eigenvalue weighted by Gasteiger charge is 2.20. The van der Waals surface area contributed by atoms with E-state index in [1.54, 1.807) is 0 Å². The lowest BCUT2D eigenvalue weighted by molar-refractivity contribution is -0.115. The van der Waals surface area contributed by atoms with Crippen molar-refractivity contribution in [3.05, 3.63) is 59.2 Å². The number of aryl methyl sites for hydroxylation is 2. The summed E-state index contributed by atoms with van der Waals surface area (Å²) < 4.78 is 5.86. The first-order chi connectivity index (χ1) is 12.1. The fraction of sp³-hybridized carbons (Fsp3) is 0.381. The van der Waals surface area contributed by atoms with Crippen molar-refractivity contribution in [1.82, 2.24) is 5.32 Å². The van der Waals surface area contributed by atoms with Gasteiger partial charge in [0, 0.05) is 5.69 Å². The van der Waals surface area contributed by atoms with Crippen LogP contribution in [0.4, 0.5) is 5.69 Å². The molecule has 2 N–H and O–H groups in total. The lowest BCUT2D eigenvalue weighted by Gasteiger charge is -2.12. The molecule has 3 rings (SSSR count). The van der Waals surface area contributed by atoms with E-state index in [4.69, 9.17) is 4.74 Å². The third-order valence-electron chi connectivity index (χ3n) is 4.38. The van der Waals surface area contributed by atoms with E-state index < -0.39 is 0 Å². The molecule has 1 amide bonds. The van der Waals surface area contributed by atoms with E-state index in [2.05, 4.69) is 35.8 Å². The van der Waals surface area contributed by atoms with Gasteiger partial charge in [0.1, 0.15) is 12.4 Å². The van der Waals surface area contributed by atoms with Crippen LogP contribution in [0.15, 0.2) is 42.5 Å². The van der Waals surface area contributed by atoms with E-state index in [1.165, 1.54) is 18.4 Å². The molecule has 0 aliphatic heterocycles. The maximum atomic E-state index is 12.0. The van der Waals surface area contributed by atoms with Crippen molar-refractivity contribution >= 4 is 24.0 Å². The summed E-state index contributed by atoms with van der Waals surface area (Å²) in [5.74, 6) is 1.58. The van der Waals surface area contributed by atoms with Gasteiger partial charge in [0.2, 0.25) is 5.91 Å². The molecular formula is C21H27ClN2O2. The SMILES string of the molecule is Cc1cccc(COc2ccc(NC(=O)CNCC3CC3)c(C)c2)c1.Cl. The molecule has 0 atom stereocenters. The molecule has 4 nitrogen and oxygen atoms in total. The molecule has 1 saturated carbocycles. The number of carbonyl (C=O) groups excluding carboxylic acids is 1. The van der Waals surface area contributed by atoms with E-state index in [0.717, 1.165) is 35.0 Å². The number of hydrogen-bond acceptors (Lipinski definition) is 3. The summed E-state index contributed by atoms with van der Waals surface area (Å²) in [6, 6.07) is 14.1. The van der Waals surface area contributed by atoms with Gasteiger partial charge in [0.05, 0.1) is 6.54 Å². The summed E-state index contributed by atoms with van der Waals surface area (Å²) >= 11 is 0. The van der Waals surface area contributed by atoms with Gasteiger partial charge < -0.3 is 15.4 Å². The van der Waals surface area contributed by atoms with Gasteiger partial charge in [-0.3, -0.25) is 4.79 Å². The molecule has 2 aromatic carbocycles. The van der Waals surface area contributed by atoms with Crippen LogP contribution in [0.5, 0.6) is 5.75 Å². The molecule has 0 heterocycles. The number of rotatable bonds is 8. The molecule has 5 heteroatoms. The zero-order valence-corrected chi connectivity index (χ0v) is 16.2. The standard InChI is InChI=1S/C21H26N2O2.ClH/c1-15-4-3-5-18(10-15)14-25-19-8-9-20(16(2)11-19)23-21(24)13-22-12-17-6-7-17;/h3-5,8-11,17,22H,6-7,12-14H2,1-2H3,(H,23,24);1H. The Morgan fingerprint density at radius 2 is 1.96 bits per heavy atom. The fourth-order valence-electron chi connectivity index (χ4n) is 2.74. The maximum Gasteiger partial charge on any atom is 0.238 e. The van der Waals surface area contributed by atoms with Crippen molar-refractivity contribution in [2.24, 2.45) is 5.92 Å². The minimum absolute atomic E-state index is 0. The number of benzene rings is 2. The second-order valence-electron chi connectivity index (χ2n) is 6.88. The first-order valence-electron chi connectivity index (χ1n) is 8.90. The van der Waals surface area contributed by atoms with Crippen LogP contribution in [-0.4, -0.2) is 19.0 Å². The van der Waals surface area contributed by atoms with E-state index >= 15 is 0 Å². The summed E-state index contributed by atoms with van der Waals surface area (Å²) in [7, 11) is 0. The number of carbonyl (C=O) groups is 1. The average molecular weight is 375 g/mol. The van der Waals surface area contributed by atoms with Crippen molar-refractivity contribution in [3.8, 4) is 5.75 Å². The third-order valence-corrected chi connectivity index (χ3v) is 4.38. The number of anilines is 1. The van der Waals surface area contributed by atoms with Crippen LogP contribution in [0.2, 0.25) is 0 Å². The second-order valence-corrected chi connectivity index (χ2v) is 6.88. The fourth-order valence-corrected chi connectivity index (χ4v) is 2.74. The Balaban J connectivity index is 0.00000243. The van der Waals surface area contributed by atoms with Crippen molar-refractivity contribution in [2.75, 3.05) is 18.4 Å². The minimum atomic E-state index is -0.00261. The smallest absolute Gasteiger partial charge is 0.238 e. The molecule has 0 saturated heterocycles. The van der Waals surface area contributed by atoms with Crippen LogP contribution in [0.25, 0.3) is 0 Å². The van der Waals surface area contributed by atoms with Gasteiger partial charge in [-0.1, -0.05) is 29.8 Å². The Bertz CT molecular complexity index is 745. The quantitative estimate of drug-likeness (QED) is 0.726. The van der Waals surface area contributed by atoms with Gasteiger partial charge >= 0.3 is 0 Å². The molecule has 2 aromatic rings. The van der Waals surface area contributed by atoms with Crippen LogP contribution in [-0.2, 0) is 11.4 Å². The van der Waals surface area contributed by atoms with E-state index in [0.29, 0.717) is 13.2 Å². The Morgan fingerprint density at radius 1 is 1.15 bits per heavy atom. The minimum Gasteiger partial charge on any atom is -0.489 e. The van der Waals surface area contributed by atoms with Crippen molar-refractivity contribution in [3.63, 3.8) is 0 Å². The van der Waals surface area contributed by atoms with Gasteiger partial charge in [-0.2, -0.15) is 0 Å². The van der Waals surface area contributed by atoms with Crippen molar-refractivity contribution in [2.45, 2.75) is 33.3 Å². The molecule has 0 bridgehead atoms. The molecule has 0 radical (unpaired) electrons. The Kier molecular flexibility index (Phi) is 7.49. The number of hydrogen-bond donors (Lipinski definition) is 2. The molecule has 1 fully saturated rings. The summed E-state index contributed by atoms with van der Waals surface area (Å²) in [5, 5.41) is 6.16. The largest absolute Gasteiger partial charge is 0.489 e. The molecule has 140 valence electrons. The third kappa shape index (κ3) is 6.36. The first-order valence-corrected chi connectivity index (χ1v) is 8.90. The lowest BCUT2D eigenvalue weighted by Crippen LogP contribution is -2.29. The molecule has 26 heavy (non-hydrogen) atoms. The van der Waals surface area contributed by atoms with Gasteiger partial charge in [0.25, 0.3) is 0 Å². The number of amides is 1. The first kappa shape index (κ1) is 20.3. The lowest BCUT2D eigenvalue weighted by atomic mass is 10.1. The molecule has 0 aromatic heterocycles. The normalized spacial score (nSPS) is 13.0. The van der Waals surface area contributed by atoms with Crippen LogP contribution in [0.3, 0.4) is 0 Å². The summed E-state index contributed by atoms with van der Waals surface area (Å²) in [6.45, 7) is 5.90. The summed E-state index contributed by atoms with van der Waals surface area (Å²) in [4.78, 5) is 12.0. The van der Waals surface area contributed by atoms with Crippen molar-refractivity contribution in [1.29, 1.82) is 0 Å². The Hall–Kier alpha value is -2.04. The monoisotopic (exact) mass is 374 g/mol. The Labute approximate surface area is 161 Å². The molecule has 0 spiro atoms. The zero-order valence-electron chi connectivity index (χ0n) is 15.4. The highest BCUT2D eigenvalue weighted by molar-refractivity contribution is 5.93. The second kappa shape index (κ2) is 9.60. The predicted octanol–water partition coefficient (Wildman–Crippen LogP) is 4.24. The predicted molar refractivity (Wildman–Crippen MR) is 108 cm³/mol. The molecular weight excluding hydrogens is 348 g/mol. The summed E-state index contributed by atoms with van der Waals surface area (Å²) in [6.07, 6.45) is 2.58. The van der Waals surface area contributed by atoms with Crippen LogP contribution >= 0.6 is 12.4 Å². The van der Waals surface area contributed by atoms with Crippen LogP contribution in [0.1, 0.15) is 29.5 Å². The van der Waals surface area contributed by atoms with Crippen LogP contribution in [0, 0.1) is 19.8 Å². The highest BCUT2D eigenvalue weighted by atomic mass is 35.5. The average Bonchev–Trinajstić information content (AvgIpc) is 3.40. The molecule has 1 aliphatic rings. The number of nitrogens with one attached hydrogen (secondary N) is 2. The maximum absolute atomic E-state index is 12.0. The van der Waals surface area contributed by atoms with Crippen LogP contribution < -0.4 is 15.4 Å². The number of halogens is 1. The zero-order chi connectivity index (χ0) is 17.6. The van der Waals surface area contributed by atoms with Gasteiger partial charge in [-0.05, 0) is 68.5 Å². The highest BCUT2D eigenvalue weighted by Crippen LogP contribution is 2.27. The van der Waals surface area contributed by atoms with E-state index in [-0.39, 0.29) is 18.3 Å². The Morgan fingerprint density at radius 3 is 2.65 bits per heavy atom. The molecule has 1 aliphatic carbocycles.